The van der Waals surface area contributed by atoms with Crippen LogP contribution in [0.4, 0.5) is 0 Å². The van der Waals surface area contributed by atoms with Crippen LogP contribution < -0.4 is 5.32 Å². The highest BCUT2D eigenvalue weighted by molar-refractivity contribution is 5.96. The lowest BCUT2D eigenvalue weighted by Crippen LogP contribution is -2.25. The van der Waals surface area contributed by atoms with Crippen LogP contribution in [0.25, 0.3) is 0 Å². The highest BCUT2D eigenvalue weighted by atomic mass is 16.5. The highest BCUT2D eigenvalue weighted by Crippen LogP contribution is 2.13. The van der Waals surface area contributed by atoms with Crippen molar-refractivity contribution in [1.82, 2.24) is 5.32 Å². The van der Waals surface area contributed by atoms with Crippen LogP contribution in [0.2, 0.25) is 0 Å². The van der Waals surface area contributed by atoms with Crippen molar-refractivity contribution in [2.24, 2.45) is 0 Å². The van der Waals surface area contributed by atoms with Crippen LogP contribution in [0.1, 0.15) is 81.5 Å². The lowest BCUT2D eigenvalue weighted by Gasteiger charge is -2.08. The minimum absolute atomic E-state index is 0.0325. The molecule has 0 bridgehead atoms. The second-order valence-corrected chi connectivity index (χ2v) is 9.02. The summed E-state index contributed by atoms with van der Waals surface area (Å²) in [7, 11) is 0. The molecule has 0 fully saturated rings. The first-order chi connectivity index (χ1) is 16.4. The van der Waals surface area contributed by atoms with E-state index in [4.69, 9.17) is 9.47 Å². The molecule has 0 saturated heterocycles. The van der Waals surface area contributed by atoms with Crippen molar-refractivity contribution in [2.75, 3.05) is 33.0 Å². The Hall–Kier alpha value is -2.50. The summed E-state index contributed by atoms with van der Waals surface area (Å²) in [5.41, 5.74) is 6.22. The Labute approximate surface area is 205 Å². The Morgan fingerprint density at radius 1 is 0.647 bits per heavy atom. The molecular formula is C29H41NO4. The average Bonchev–Trinajstić information content (AvgIpc) is 2.82. The number of Topliss-reactive ketones (excluding diaryl/α,β-unsaturated/α-hetero) is 1. The van der Waals surface area contributed by atoms with Gasteiger partial charge in [-0.2, -0.15) is 0 Å². The van der Waals surface area contributed by atoms with Crippen molar-refractivity contribution in [1.29, 1.82) is 0 Å². The van der Waals surface area contributed by atoms with Crippen LogP contribution in [-0.4, -0.2) is 44.7 Å². The van der Waals surface area contributed by atoms with Crippen molar-refractivity contribution in [3.05, 3.63) is 69.8 Å². The molecule has 0 radical (unpaired) electrons. The molecule has 34 heavy (non-hydrogen) atoms. The van der Waals surface area contributed by atoms with Gasteiger partial charge in [0.2, 0.25) is 0 Å². The summed E-state index contributed by atoms with van der Waals surface area (Å²) in [5, 5.41) is 2.94. The van der Waals surface area contributed by atoms with E-state index in [1.165, 1.54) is 11.1 Å². The second-order valence-electron chi connectivity index (χ2n) is 9.02. The van der Waals surface area contributed by atoms with Crippen molar-refractivity contribution in [3.8, 4) is 0 Å². The maximum atomic E-state index is 12.3. The number of ketones is 1. The summed E-state index contributed by atoms with van der Waals surface area (Å²) in [6, 6.07) is 11.7. The normalized spacial score (nSPS) is 10.9. The first-order valence-electron chi connectivity index (χ1n) is 12.5. The molecule has 2 aromatic carbocycles. The third-order valence-corrected chi connectivity index (χ3v) is 6.12. The van der Waals surface area contributed by atoms with Gasteiger partial charge in [0.15, 0.2) is 5.78 Å². The Morgan fingerprint density at radius 2 is 1.15 bits per heavy atom. The van der Waals surface area contributed by atoms with Gasteiger partial charge < -0.3 is 14.8 Å². The molecule has 0 spiro atoms. The lowest BCUT2D eigenvalue weighted by molar-refractivity contribution is 0.0908. The fourth-order valence-corrected chi connectivity index (χ4v) is 3.52. The number of hydrogen-bond donors (Lipinski definition) is 1. The topological polar surface area (TPSA) is 64.6 Å². The van der Waals surface area contributed by atoms with Crippen molar-refractivity contribution in [3.63, 3.8) is 0 Å². The fraction of sp³-hybridized carbons (Fsp3) is 0.517. The van der Waals surface area contributed by atoms with Gasteiger partial charge in [-0.25, -0.2) is 0 Å². The van der Waals surface area contributed by atoms with E-state index in [0.717, 1.165) is 55.4 Å². The minimum atomic E-state index is -0.0325. The lowest BCUT2D eigenvalue weighted by atomic mass is 10.0. The Morgan fingerprint density at radius 3 is 1.74 bits per heavy atom. The monoisotopic (exact) mass is 467 g/mol. The first-order valence-corrected chi connectivity index (χ1v) is 12.5. The summed E-state index contributed by atoms with van der Waals surface area (Å²) in [6.45, 7) is 11.5. The molecule has 0 saturated carbocycles. The quantitative estimate of drug-likeness (QED) is 0.246. The van der Waals surface area contributed by atoms with Crippen LogP contribution in [0.3, 0.4) is 0 Å². The number of carbonyl (C=O) groups excluding carboxylic acids is 2. The summed E-state index contributed by atoms with van der Waals surface area (Å²) < 4.78 is 11.3. The first kappa shape index (κ1) is 27.7. The SMILES string of the molecule is Cc1ccc(C(=O)CCCCOCCCCOCCCNC(=O)c2ccc(C)c(C)c2)cc1C. The number of ether oxygens (including phenoxy) is 2. The van der Waals surface area contributed by atoms with E-state index in [1.54, 1.807) is 0 Å². The van der Waals surface area contributed by atoms with Gasteiger partial charge in [0.05, 0.1) is 0 Å². The van der Waals surface area contributed by atoms with Crippen molar-refractivity contribution < 1.29 is 19.1 Å². The smallest absolute Gasteiger partial charge is 0.251 e. The number of aryl methyl sites for hydroxylation is 4. The number of carbonyl (C=O) groups is 2. The third-order valence-electron chi connectivity index (χ3n) is 6.12. The van der Waals surface area contributed by atoms with Crippen LogP contribution in [0.5, 0.6) is 0 Å². The fourth-order valence-electron chi connectivity index (χ4n) is 3.52. The minimum Gasteiger partial charge on any atom is -0.381 e. The van der Waals surface area contributed by atoms with Crippen LogP contribution >= 0.6 is 0 Å². The number of rotatable bonds is 16. The van der Waals surface area contributed by atoms with Crippen LogP contribution in [0.15, 0.2) is 36.4 Å². The van der Waals surface area contributed by atoms with Gasteiger partial charge >= 0.3 is 0 Å². The van der Waals surface area contributed by atoms with Gasteiger partial charge in [-0.3, -0.25) is 9.59 Å². The summed E-state index contributed by atoms with van der Waals surface area (Å²) in [5.74, 6) is 0.180. The van der Waals surface area contributed by atoms with Crippen LogP contribution in [0, 0.1) is 27.7 Å². The number of hydrogen-bond acceptors (Lipinski definition) is 4. The zero-order valence-corrected chi connectivity index (χ0v) is 21.4. The van der Waals surface area contributed by atoms with Gasteiger partial charge in [0.1, 0.15) is 0 Å². The highest BCUT2D eigenvalue weighted by Gasteiger charge is 2.07. The molecule has 2 rings (SSSR count). The van der Waals surface area contributed by atoms with Crippen LogP contribution in [-0.2, 0) is 9.47 Å². The molecule has 0 unspecified atom stereocenters. The molecule has 0 aromatic heterocycles. The second kappa shape index (κ2) is 15.4. The molecule has 0 aliphatic heterocycles. The largest absolute Gasteiger partial charge is 0.381 e. The number of benzene rings is 2. The van der Waals surface area contributed by atoms with E-state index in [0.29, 0.717) is 38.3 Å². The summed E-state index contributed by atoms with van der Waals surface area (Å²) in [4.78, 5) is 24.4. The predicted molar refractivity (Wildman–Crippen MR) is 138 cm³/mol. The summed E-state index contributed by atoms with van der Waals surface area (Å²) in [6.07, 6.45) is 5.06. The number of nitrogens with one attached hydrogen (secondary N) is 1. The zero-order valence-electron chi connectivity index (χ0n) is 21.4. The van der Waals surface area contributed by atoms with Gasteiger partial charge in [0, 0.05) is 50.5 Å². The van der Waals surface area contributed by atoms with Crippen molar-refractivity contribution >= 4 is 11.7 Å². The molecule has 0 heterocycles. The molecule has 5 heteroatoms. The van der Waals surface area contributed by atoms with E-state index < -0.39 is 0 Å². The van der Waals surface area contributed by atoms with E-state index >= 15 is 0 Å². The number of amides is 1. The average molecular weight is 468 g/mol. The van der Waals surface area contributed by atoms with E-state index in [-0.39, 0.29) is 11.7 Å². The molecule has 2 aromatic rings. The maximum absolute atomic E-state index is 12.3. The zero-order chi connectivity index (χ0) is 24.8. The summed E-state index contributed by atoms with van der Waals surface area (Å²) >= 11 is 0. The third kappa shape index (κ3) is 10.2. The van der Waals surface area contributed by atoms with Gasteiger partial charge in [-0.05, 0) is 100 Å². The number of unbranched alkanes of at least 4 members (excludes halogenated alkanes) is 2. The molecule has 0 aliphatic rings. The molecule has 1 N–H and O–H groups in total. The standard InChI is InChI=1S/C29H41NO4/c1-22-11-13-26(20-24(22)3)28(31)10-5-6-16-33-17-7-8-18-34-19-9-15-30-29(32)27-14-12-23(2)25(4)21-27/h11-14,20-21H,5-10,15-19H2,1-4H3,(H,30,32). The molecule has 0 atom stereocenters. The Bertz CT molecular complexity index is 847. The van der Waals surface area contributed by atoms with E-state index in [1.807, 2.05) is 57.2 Å². The van der Waals surface area contributed by atoms with Gasteiger partial charge in [-0.15, -0.1) is 0 Å². The van der Waals surface area contributed by atoms with E-state index in [2.05, 4.69) is 12.2 Å². The molecule has 0 aliphatic carbocycles. The molecule has 1 amide bonds. The van der Waals surface area contributed by atoms with E-state index in [9.17, 15) is 9.59 Å². The van der Waals surface area contributed by atoms with Gasteiger partial charge in [-0.1, -0.05) is 18.2 Å². The molecule has 186 valence electrons. The molecular weight excluding hydrogens is 426 g/mol. The van der Waals surface area contributed by atoms with Gasteiger partial charge in [0.25, 0.3) is 5.91 Å². The Kier molecular flexibility index (Phi) is 12.6. The van der Waals surface area contributed by atoms with Crippen molar-refractivity contribution in [2.45, 2.75) is 66.2 Å². The molecule has 5 nitrogen and oxygen atoms in total. The predicted octanol–water partition coefficient (Wildman–Crippen LogP) is 5.91. The Balaban J connectivity index is 1.38. The maximum Gasteiger partial charge on any atom is 0.251 e.